The molecular weight excluding hydrogens is 568 g/mol. The lowest BCUT2D eigenvalue weighted by atomic mass is 10.1. The molecule has 0 bridgehead atoms. The Kier molecular flexibility index (Phi) is 7.40. The van der Waals surface area contributed by atoms with Crippen LogP contribution < -0.4 is 15.2 Å². The molecule has 0 aliphatic heterocycles. The quantitative estimate of drug-likeness (QED) is 0.196. The summed E-state index contributed by atoms with van der Waals surface area (Å²) in [6.07, 6.45) is 1.53. The Hall–Kier alpha value is -5.41. The van der Waals surface area contributed by atoms with Gasteiger partial charge >= 0.3 is 5.97 Å². The number of hydrogen-bond donors (Lipinski definition) is 1. The number of ether oxygens (including phenoxy) is 1. The number of hydrogen-bond acceptors (Lipinski definition) is 7. The number of rotatable bonds is 8. The molecule has 4 aromatic carbocycles. The summed E-state index contributed by atoms with van der Waals surface area (Å²) in [5.41, 5.74) is 3.09. The summed E-state index contributed by atoms with van der Waals surface area (Å²) in [7, 11) is 3.83. The van der Waals surface area contributed by atoms with Crippen LogP contribution in [-0.2, 0) is 6.61 Å². The molecule has 0 unspecified atom stereocenters. The van der Waals surface area contributed by atoms with Gasteiger partial charge in [-0.3, -0.25) is 4.79 Å². The van der Waals surface area contributed by atoms with E-state index in [4.69, 9.17) is 25.7 Å². The zero-order chi connectivity index (χ0) is 30.1. The van der Waals surface area contributed by atoms with Crippen molar-refractivity contribution in [1.82, 2.24) is 9.66 Å². The van der Waals surface area contributed by atoms with Crippen LogP contribution in [0.4, 0.5) is 5.69 Å². The van der Waals surface area contributed by atoms with Crippen LogP contribution in [0.1, 0.15) is 21.5 Å². The number of para-hydroxylation sites is 1. The van der Waals surface area contributed by atoms with E-state index < -0.39 is 5.97 Å². The van der Waals surface area contributed by atoms with Crippen LogP contribution in [0.3, 0.4) is 0 Å². The minimum Gasteiger partial charge on any atom is -0.488 e. The zero-order valence-corrected chi connectivity index (χ0v) is 23.9. The van der Waals surface area contributed by atoms with Crippen molar-refractivity contribution in [2.75, 3.05) is 19.0 Å². The average Bonchev–Trinajstić information content (AvgIpc) is 3.43. The lowest BCUT2D eigenvalue weighted by Gasteiger charge is -2.16. The molecule has 0 aliphatic carbocycles. The average molecular weight is 593 g/mol. The molecule has 2 aromatic heterocycles. The van der Waals surface area contributed by atoms with Crippen LogP contribution in [0.25, 0.3) is 33.5 Å². The van der Waals surface area contributed by atoms with Gasteiger partial charge in [-0.2, -0.15) is 9.78 Å². The molecule has 0 radical (unpaired) electrons. The van der Waals surface area contributed by atoms with E-state index >= 15 is 0 Å². The maximum absolute atomic E-state index is 13.7. The number of benzene rings is 4. The summed E-state index contributed by atoms with van der Waals surface area (Å²) >= 11 is 6.18. The number of halogens is 1. The van der Waals surface area contributed by atoms with Gasteiger partial charge in [-0.05, 0) is 66.2 Å². The lowest BCUT2D eigenvalue weighted by molar-refractivity contribution is 0.0696. The van der Waals surface area contributed by atoms with Crippen LogP contribution in [0, 0.1) is 0 Å². The van der Waals surface area contributed by atoms with Crippen molar-refractivity contribution in [3.63, 3.8) is 0 Å². The van der Waals surface area contributed by atoms with Gasteiger partial charge in [-0.25, -0.2) is 9.78 Å². The third kappa shape index (κ3) is 5.71. The van der Waals surface area contributed by atoms with Crippen molar-refractivity contribution in [1.29, 1.82) is 0 Å². The maximum Gasteiger partial charge on any atom is 0.335 e. The van der Waals surface area contributed by atoms with Crippen molar-refractivity contribution in [3.8, 4) is 17.3 Å². The molecule has 0 amide bonds. The van der Waals surface area contributed by atoms with Gasteiger partial charge in [0.25, 0.3) is 5.56 Å². The number of aromatic nitrogens is 2. The number of nitrogens with zero attached hydrogens (tertiary/aromatic N) is 4. The smallest absolute Gasteiger partial charge is 0.335 e. The number of carbonyl (C=O) groups is 1. The standard InChI is InChI=1S/C33H25ClN4O5/c1-37(2)25-12-10-22(29(17-25)42-19-20-6-5-7-21(14-20)33(40)41)18-35-38-31(36-27-9-4-3-8-26(27)32(38)39)30-16-23-15-24(34)11-13-28(23)43-30/h3-18H,19H2,1-2H3,(H,40,41). The molecule has 6 rings (SSSR count). The Labute approximate surface area is 250 Å². The van der Waals surface area contributed by atoms with Gasteiger partial charge in [-0.15, -0.1) is 0 Å². The predicted octanol–water partition coefficient (Wildman–Crippen LogP) is 6.69. The van der Waals surface area contributed by atoms with Gasteiger partial charge in [0.05, 0.1) is 22.7 Å². The van der Waals surface area contributed by atoms with E-state index in [-0.39, 0.29) is 23.6 Å². The highest BCUT2D eigenvalue weighted by Crippen LogP contribution is 2.30. The Balaban J connectivity index is 1.43. The number of fused-ring (bicyclic) bond motifs is 2. The maximum atomic E-state index is 13.7. The van der Waals surface area contributed by atoms with E-state index in [1.54, 1.807) is 60.7 Å². The van der Waals surface area contributed by atoms with Crippen LogP contribution in [0.15, 0.2) is 105 Å². The second-order valence-electron chi connectivity index (χ2n) is 10.0. The highest BCUT2D eigenvalue weighted by molar-refractivity contribution is 6.31. The van der Waals surface area contributed by atoms with Gasteiger partial charge in [0.15, 0.2) is 5.76 Å². The van der Waals surface area contributed by atoms with E-state index in [0.29, 0.717) is 44.1 Å². The minimum atomic E-state index is -1.01. The monoisotopic (exact) mass is 592 g/mol. The fourth-order valence-corrected chi connectivity index (χ4v) is 4.80. The third-order valence-electron chi connectivity index (χ3n) is 6.85. The SMILES string of the molecule is CN(C)c1ccc(C=Nn2c(-c3cc4cc(Cl)ccc4o3)nc3ccccc3c2=O)c(OCc2cccc(C(=O)O)c2)c1. The Morgan fingerprint density at radius 2 is 1.88 bits per heavy atom. The lowest BCUT2D eigenvalue weighted by Crippen LogP contribution is -2.20. The highest BCUT2D eigenvalue weighted by atomic mass is 35.5. The molecule has 2 heterocycles. The topological polar surface area (TPSA) is 110 Å². The first-order valence-electron chi connectivity index (χ1n) is 13.3. The predicted molar refractivity (Wildman–Crippen MR) is 168 cm³/mol. The number of aromatic carboxylic acids is 1. The van der Waals surface area contributed by atoms with Gasteiger partial charge in [0, 0.05) is 41.8 Å². The molecule has 0 atom stereocenters. The number of carboxylic acid groups (broad SMARTS) is 1. The van der Waals surface area contributed by atoms with E-state index in [0.717, 1.165) is 11.1 Å². The molecule has 0 spiro atoms. The van der Waals surface area contributed by atoms with Crippen molar-refractivity contribution in [2.24, 2.45) is 5.10 Å². The first-order chi connectivity index (χ1) is 20.8. The van der Waals surface area contributed by atoms with Crippen molar-refractivity contribution < 1.29 is 19.1 Å². The summed E-state index contributed by atoms with van der Waals surface area (Å²) in [5.74, 6) is 0.0691. The van der Waals surface area contributed by atoms with Crippen molar-refractivity contribution in [3.05, 3.63) is 123 Å². The normalized spacial score (nSPS) is 11.4. The Morgan fingerprint density at radius 3 is 2.70 bits per heavy atom. The molecule has 43 heavy (non-hydrogen) atoms. The van der Waals surface area contributed by atoms with Crippen LogP contribution in [0.5, 0.6) is 5.75 Å². The molecule has 0 aliphatic rings. The summed E-state index contributed by atoms with van der Waals surface area (Å²) in [4.78, 5) is 31.8. The first-order valence-corrected chi connectivity index (χ1v) is 13.7. The molecule has 10 heteroatoms. The van der Waals surface area contributed by atoms with Crippen LogP contribution in [-0.4, -0.2) is 41.0 Å². The molecule has 9 nitrogen and oxygen atoms in total. The van der Waals surface area contributed by atoms with Gasteiger partial charge in [0.2, 0.25) is 5.82 Å². The van der Waals surface area contributed by atoms with Gasteiger partial charge in [-0.1, -0.05) is 35.9 Å². The molecule has 0 saturated carbocycles. The molecule has 6 aromatic rings. The highest BCUT2D eigenvalue weighted by Gasteiger charge is 2.17. The van der Waals surface area contributed by atoms with E-state index in [1.165, 1.54) is 17.0 Å². The van der Waals surface area contributed by atoms with Crippen molar-refractivity contribution >= 4 is 51.3 Å². The fraction of sp³-hybridized carbons (Fsp3) is 0.0909. The van der Waals surface area contributed by atoms with E-state index in [1.807, 2.05) is 43.3 Å². The van der Waals surface area contributed by atoms with E-state index in [2.05, 4.69) is 5.10 Å². The Bertz CT molecular complexity index is 2100. The first kappa shape index (κ1) is 27.7. The molecule has 0 saturated heterocycles. The van der Waals surface area contributed by atoms with Crippen LogP contribution in [0.2, 0.25) is 5.02 Å². The number of carboxylic acids is 1. The van der Waals surface area contributed by atoms with Gasteiger partial charge in [0.1, 0.15) is 17.9 Å². The second-order valence-corrected chi connectivity index (χ2v) is 10.5. The fourth-order valence-electron chi connectivity index (χ4n) is 4.62. The molecule has 1 N–H and O–H groups in total. The third-order valence-corrected chi connectivity index (χ3v) is 7.08. The summed E-state index contributed by atoms with van der Waals surface area (Å²) in [6.45, 7) is 0.128. The minimum absolute atomic E-state index is 0.128. The molecular formula is C33H25ClN4O5. The van der Waals surface area contributed by atoms with Crippen LogP contribution >= 0.6 is 11.6 Å². The van der Waals surface area contributed by atoms with Gasteiger partial charge < -0.3 is 19.2 Å². The largest absolute Gasteiger partial charge is 0.488 e. The summed E-state index contributed by atoms with van der Waals surface area (Å²) in [5, 5.41) is 15.7. The number of anilines is 1. The molecule has 0 fully saturated rings. The summed E-state index contributed by atoms with van der Waals surface area (Å²) in [6, 6.07) is 26.2. The summed E-state index contributed by atoms with van der Waals surface area (Å²) < 4.78 is 13.4. The Morgan fingerprint density at radius 1 is 1.05 bits per heavy atom. The van der Waals surface area contributed by atoms with Crippen molar-refractivity contribution in [2.45, 2.75) is 6.61 Å². The zero-order valence-electron chi connectivity index (χ0n) is 23.2. The molecule has 214 valence electrons. The number of furan rings is 1. The van der Waals surface area contributed by atoms with E-state index in [9.17, 15) is 14.7 Å². The second kappa shape index (κ2) is 11.5.